The highest BCUT2D eigenvalue weighted by atomic mass is 16.5. The van der Waals surface area contributed by atoms with Gasteiger partial charge in [-0.1, -0.05) is 32.1 Å². The lowest BCUT2D eigenvalue weighted by molar-refractivity contribution is -0.117. The SMILES string of the molecule is C/C=C(\C=NC)C(=O)NCc1ccc(-c2nc3cc(OC)ccc3o2)cc1.CC. The molecule has 1 amide bonds. The van der Waals surface area contributed by atoms with Gasteiger partial charge in [0.05, 0.1) is 12.7 Å². The highest BCUT2D eigenvalue weighted by molar-refractivity contribution is 6.11. The minimum Gasteiger partial charge on any atom is -0.497 e. The average Bonchev–Trinajstić information content (AvgIpc) is 3.20. The quantitative estimate of drug-likeness (QED) is 0.482. The Morgan fingerprint density at radius 1 is 1.21 bits per heavy atom. The molecule has 0 aliphatic carbocycles. The summed E-state index contributed by atoms with van der Waals surface area (Å²) in [5.41, 5.74) is 3.84. The molecule has 0 unspecified atom stereocenters. The number of nitrogens with zero attached hydrogens (tertiary/aromatic N) is 2. The highest BCUT2D eigenvalue weighted by Gasteiger charge is 2.10. The number of carbonyl (C=O) groups excluding carboxylic acids is 1. The second-order valence-electron chi connectivity index (χ2n) is 5.86. The molecule has 0 fully saturated rings. The molecule has 0 spiro atoms. The Balaban J connectivity index is 0.00000145. The molecule has 6 nitrogen and oxygen atoms in total. The van der Waals surface area contributed by atoms with E-state index in [4.69, 9.17) is 9.15 Å². The van der Waals surface area contributed by atoms with Crippen LogP contribution in [0.25, 0.3) is 22.6 Å². The van der Waals surface area contributed by atoms with Gasteiger partial charge in [0, 0.05) is 31.4 Å². The van der Waals surface area contributed by atoms with Crippen molar-refractivity contribution in [2.24, 2.45) is 4.99 Å². The Labute approximate surface area is 171 Å². The smallest absolute Gasteiger partial charge is 0.252 e. The van der Waals surface area contributed by atoms with E-state index in [9.17, 15) is 4.79 Å². The van der Waals surface area contributed by atoms with Crippen molar-refractivity contribution < 1.29 is 13.9 Å². The van der Waals surface area contributed by atoms with Crippen molar-refractivity contribution in [3.05, 3.63) is 59.7 Å². The number of fused-ring (bicyclic) bond motifs is 1. The molecule has 29 heavy (non-hydrogen) atoms. The summed E-state index contributed by atoms with van der Waals surface area (Å²) in [5, 5.41) is 2.88. The van der Waals surface area contributed by atoms with Gasteiger partial charge in [0.25, 0.3) is 5.91 Å². The lowest BCUT2D eigenvalue weighted by Gasteiger charge is -2.06. The fourth-order valence-electron chi connectivity index (χ4n) is 2.61. The summed E-state index contributed by atoms with van der Waals surface area (Å²) in [7, 11) is 3.26. The number of nitrogens with one attached hydrogen (secondary N) is 1. The summed E-state index contributed by atoms with van der Waals surface area (Å²) >= 11 is 0. The maximum Gasteiger partial charge on any atom is 0.252 e. The van der Waals surface area contributed by atoms with Crippen molar-refractivity contribution in [3.8, 4) is 17.2 Å². The van der Waals surface area contributed by atoms with Gasteiger partial charge in [-0.2, -0.15) is 0 Å². The fraction of sp³-hybridized carbons (Fsp3) is 0.261. The van der Waals surface area contributed by atoms with Crippen molar-refractivity contribution >= 4 is 23.2 Å². The van der Waals surface area contributed by atoms with E-state index in [0.29, 0.717) is 23.6 Å². The van der Waals surface area contributed by atoms with Crippen LogP contribution in [0.3, 0.4) is 0 Å². The Morgan fingerprint density at radius 2 is 1.93 bits per heavy atom. The monoisotopic (exact) mass is 393 g/mol. The summed E-state index contributed by atoms with van der Waals surface area (Å²) in [6.07, 6.45) is 3.27. The number of amides is 1. The van der Waals surface area contributed by atoms with Gasteiger partial charge in [-0.15, -0.1) is 0 Å². The molecule has 2 aromatic carbocycles. The maximum atomic E-state index is 12.1. The first-order valence-electron chi connectivity index (χ1n) is 9.55. The average molecular weight is 393 g/mol. The molecule has 6 heteroatoms. The minimum absolute atomic E-state index is 0.153. The first-order valence-corrected chi connectivity index (χ1v) is 9.55. The zero-order valence-electron chi connectivity index (χ0n) is 17.5. The van der Waals surface area contributed by atoms with Gasteiger partial charge in [-0.3, -0.25) is 9.79 Å². The molecule has 1 heterocycles. The molecule has 152 valence electrons. The van der Waals surface area contributed by atoms with E-state index >= 15 is 0 Å². The molecular formula is C23H27N3O3. The molecule has 0 saturated carbocycles. The van der Waals surface area contributed by atoms with Crippen LogP contribution < -0.4 is 10.1 Å². The van der Waals surface area contributed by atoms with Gasteiger partial charge in [-0.05, 0) is 36.8 Å². The number of benzene rings is 2. The van der Waals surface area contributed by atoms with Crippen LogP contribution >= 0.6 is 0 Å². The maximum absolute atomic E-state index is 12.1. The normalized spacial score (nSPS) is 11.3. The first-order chi connectivity index (χ1) is 14.1. The Kier molecular flexibility index (Phi) is 8.15. The number of aromatic nitrogens is 1. The lowest BCUT2D eigenvalue weighted by atomic mass is 10.1. The molecule has 0 bridgehead atoms. The zero-order valence-corrected chi connectivity index (χ0v) is 17.5. The van der Waals surface area contributed by atoms with Crippen LogP contribution in [-0.2, 0) is 11.3 Å². The zero-order chi connectivity index (χ0) is 21.2. The first kappa shape index (κ1) is 21.9. The Hall–Kier alpha value is -3.41. The summed E-state index contributed by atoms with van der Waals surface area (Å²) in [6.45, 7) is 6.24. The van der Waals surface area contributed by atoms with Crippen LogP contribution in [-0.4, -0.2) is 31.3 Å². The third kappa shape index (κ3) is 5.54. The minimum atomic E-state index is -0.153. The summed E-state index contributed by atoms with van der Waals surface area (Å²) in [4.78, 5) is 20.5. The van der Waals surface area contributed by atoms with Crippen LogP contribution in [0, 0.1) is 0 Å². The van der Waals surface area contributed by atoms with Crippen LogP contribution in [0.15, 0.2) is 63.5 Å². The Morgan fingerprint density at radius 3 is 2.55 bits per heavy atom. The molecule has 0 atom stereocenters. The number of rotatable bonds is 6. The number of carbonyl (C=O) groups is 1. The van der Waals surface area contributed by atoms with E-state index in [-0.39, 0.29) is 5.91 Å². The topological polar surface area (TPSA) is 76.7 Å². The van der Waals surface area contributed by atoms with Gasteiger partial charge in [0.1, 0.15) is 11.3 Å². The van der Waals surface area contributed by atoms with Gasteiger partial charge in [-0.25, -0.2) is 4.98 Å². The molecule has 0 radical (unpaired) electrons. The molecule has 0 saturated heterocycles. The predicted molar refractivity (Wildman–Crippen MR) is 117 cm³/mol. The van der Waals surface area contributed by atoms with Gasteiger partial charge in [0.2, 0.25) is 5.89 Å². The van der Waals surface area contributed by atoms with Gasteiger partial charge in [0.15, 0.2) is 5.58 Å². The summed E-state index contributed by atoms with van der Waals surface area (Å²) in [5.74, 6) is 1.13. The molecule has 3 rings (SSSR count). The predicted octanol–water partition coefficient (Wildman–Crippen LogP) is 4.79. The van der Waals surface area contributed by atoms with Crippen molar-refractivity contribution in [1.29, 1.82) is 0 Å². The number of hydrogen-bond acceptors (Lipinski definition) is 5. The number of methoxy groups -OCH3 is 1. The molecule has 1 N–H and O–H groups in total. The van der Waals surface area contributed by atoms with Crippen LogP contribution in [0.5, 0.6) is 5.75 Å². The van der Waals surface area contributed by atoms with Crippen molar-refractivity contribution in [3.63, 3.8) is 0 Å². The molecular weight excluding hydrogens is 366 g/mol. The number of oxazole rings is 1. The van der Waals surface area contributed by atoms with E-state index in [1.165, 1.54) is 0 Å². The largest absolute Gasteiger partial charge is 0.497 e. The van der Waals surface area contributed by atoms with E-state index in [1.54, 1.807) is 33.4 Å². The van der Waals surface area contributed by atoms with Crippen LogP contribution in [0.2, 0.25) is 0 Å². The van der Waals surface area contributed by atoms with Crippen LogP contribution in [0.4, 0.5) is 0 Å². The van der Waals surface area contributed by atoms with E-state index in [0.717, 1.165) is 22.4 Å². The van der Waals surface area contributed by atoms with Gasteiger partial charge < -0.3 is 14.5 Å². The van der Waals surface area contributed by atoms with E-state index < -0.39 is 0 Å². The van der Waals surface area contributed by atoms with Crippen molar-refractivity contribution in [2.75, 3.05) is 14.2 Å². The standard InChI is InChI=1S/C21H21N3O3.C2H6/c1-4-15(13-22-2)20(25)23-12-14-5-7-16(8-6-14)21-24-18-11-17(26-3)9-10-19(18)27-21;1-2/h4-11,13H,12H2,1-3H3,(H,23,25);1-2H3/b15-4+,22-13?;. The molecule has 0 aliphatic rings. The third-order valence-electron chi connectivity index (χ3n) is 4.09. The molecule has 1 aromatic heterocycles. The molecule has 3 aromatic rings. The summed E-state index contributed by atoms with van der Waals surface area (Å²) in [6, 6.07) is 13.2. The number of hydrogen-bond donors (Lipinski definition) is 1. The van der Waals surface area contributed by atoms with E-state index in [2.05, 4.69) is 15.3 Å². The van der Waals surface area contributed by atoms with Gasteiger partial charge >= 0.3 is 0 Å². The second kappa shape index (κ2) is 10.8. The van der Waals surface area contributed by atoms with Crippen LogP contribution in [0.1, 0.15) is 26.3 Å². The number of ether oxygens (including phenoxy) is 1. The fourth-order valence-corrected chi connectivity index (χ4v) is 2.61. The lowest BCUT2D eigenvalue weighted by Crippen LogP contribution is -2.25. The molecule has 0 aliphatic heterocycles. The highest BCUT2D eigenvalue weighted by Crippen LogP contribution is 2.27. The third-order valence-corrected chi connectivity index (χ3v) is 4.09. The number of aliphatic imine (C=N–C) groups is 1. The van der Waals surface area contributed by atoms with E-state index in [1.807, 2.05) is 56.3 Å². The number of allylic oxidation sites excluding steroid dienone is 1. The van der Waals surface area contributed by atoms with Crippen molar-refractivity contribution in [2.45, 2.75) is 27.3 Å². The summed E-state index contributed by atoms with van der Waals surface area (Å²) < 4.78 is 11.0. The Bertz CT molecular complexity index is 1000. The second-order valence-corrected chi connectivity index (χ2v) is 5.86. The van der Waals surface area contributed by atoms with Crippen molar-refractivity contribution in [1.82, 2.24) is 10.3 Å².